The van der Waals surface area contributed by atoms with Crippen LogP contribution in [-0.4, -0.2) is 39.4 Å². The van der Waals surface area contributed by atoms with E-state index in [4.69, 9.17) is 23.7 Å². The topological polar surface area (TPSA) is 66.5 Å². The number of epoxide rings is 1. The van der Waals surface area contributed by atoms with E-state index >= 15 is 0 Å². The molecule has 1 heterocycles. The first-order valence-electron chi connectivity index (χ1n) is 5.46. The van der Waals surface area contributed by atoms with Gasteiger partial charge < -0.3 is 23.7 Å². The minimum absolute atomic E-state index is 0.0300. The maximum absolute atomic E-state index is 11.3. The van der Waals surface area contributed by atoms with Crippen molar-refractivity contribution in [2.75, 3.05) is 27.1 Å². The Morgan fingerprint density at radius 3 is 2.61 bits per heavy atom. The number of carbonyl (C=O) groups excluding carboxylic acids is 1. The Bertz CT molecular complexity index is 384. The zero-order valence-corrected chi connectivity index (χ0v) is 9.96. The summed E-state index contributed by atoms with van der Waals surface area (Å²) in [5.74, 6) is 1.02. The summed E-state index contributed by atoms with van der Waals surface area (Å²) in [5, 5.41) is 0. The summed E-state index contributed by atoms with van der Waals surface area (Å²) in [6.45, 7) is 1.04. The first kappa shape index (κ1) is 12.7. The van der Waals surface area contributed by atoms with Gasteiger partial charge in [-0.25, -0.2) is 4.79 Å². The summed E-state index contributed by atoms with van der Waals surface area (Å²) in [6, 6.07) is 6.57. The van der Waals surface area contributed by atoms with Crippen molar-refractivity contribution in [2.45, 2.75) is 6.10 Å². The molecule has 0 bridgehead atoms. The highest BCUT2D eigenvalue weighted by atomic mass is 16.7. The molecule has 0 N–H and O–H groups in total. The highest BCUT2D eigenvalue weighted by Crippen LogP contribution is 2.18. The molecule has 2 rings (SSSR count). The van der Waals surface area contributed by atoms with Crippen LogP contribution >= 0.6 is 0 Å². The number of carbonyl (C=O) groups is 1. The molecule has 0 radical (unpaired) electrons. The van der Waals surface area contributed by atoms with Crippen LogP contribution in [0.2, 0.25) is 0 Å². The Hall–Kier alpha value is -1.79. The van der Waals surface area contributed by atoms with Gasteiger partial charge >= 0.3 is 6.16 Å². The van der Waals surface area contributed by atoms with Crippen LogP contribution in [0.4, 0.5) is 4.79 Å². The van der Waals surface area contributed by atoms with Crippen LogP contribution in [0.15, 0.2) is 24.3 Å². The van der Waals surface area contributed by atoms with Gasteiger partial charge in [-0.05, 0) is 24.3 Å². The van der Waals surface area contributed by atoms with Crippen LogP contribution in [0.5, 0.6) is 11.5 Å². The number of hydrogen-bond acceptors (Lipinski definition) is 6. The number of hydrogen-bond donors (Lipinski definition) is 0. The van der Waals surface area contributed by atoms with Crippen molar-refractivity contribution in [2.24, 2.45) is 0 Å². The van der Waals surface area contributed by atoms with E-state index < -0.39 is 6.16 Å². The summed E-state index contributed by atoms with van der Waals surface area (Å²) in [7, 11) is 1.54. The third kappa shape index (κ3) is 4.23. The first-order chi connectivity index (χ1) is 8.78. The van der Waals surface area contributed by atoms with Crippen LogP contribution in [0.25, 0.3) is 0 Å². The van der Waals surface area contributed by atoms with Crippen LogP contribution in [0.3, 0.4) is 0 Å². The second-order valence-corrected chi connectivity index (χ2v) is 3.64. The largest absolute Gasteiger partial charge is 0.513 e. The van der Waals surface area contributed by atoms with Crippen LogP contribution in [-0.2, 0) is 14.2 Å². The van der Waals surface area contributed by atoms with Crippen molar-refractivity contribution < 1.29 is 28.5 Å². The van der Waals surface area contributed by atoms with E-state index in [0.717, 1.165) is 0 Å². The second kappa shape index (κ2) is 6.23. The lowest BCUT2D eigenvalue weighted by molar-refractivity contribution is 0.0510. The number of methoxy groups -OCH3 is 1. The molecule has 0 spiro atoms. The van der Waals surface area contributed by atoms with Crippen molar-refractivity contribution in [1.29, 1.82) is 0 Å². The maximum atomic E-state index is 11.3. The molecule has 6 nitrogen and oxygen atoms in total. The second-order valence-electron chi connectivity index (χ2n) is 3.64. The Morgan fingerprint density at radius 1 is 1.33 bits per heavy atom. The molecule has 1 atom stereocenters. The van der Waals surface area contributed by atoms with Crippen LogP contribution in [0, 0.1) is 0 Å². The number of benzene rings is 1. The Kier molecular flexibility index (Phi) is 4.38. The van der Waals surface area contributed by atoms with Crippen LogP contribution < -0.4 is 9.47 Å². The molecule has 0 amide bonds. The molecule has 98 valence electrons. The molecule has 1 aliphatic heterocycles. The Balaban J connectivity index is 1.75. The molecule has 1 fully saturated rings. The molecule has 1 aliphatic rings. The highest BCUT2D eigenvalue weighted by molar-refractivity contribution is 5.63. The fourth-order valence-corrected chi connectivity index (χ4v) is 1.18. The molecule has 0 aliphatic carbocycles. The lowest BCUT2D eigenvalue weighted by Gasteiger charge is -2.06. The van der Waals surface area contributed by atoms with Gasteiger partial charge in [-0.2, -0.15) is 0 Å². The quantitative estimate of drug-likeness (QED) is 0.332. The van der Waals surface area contributed by atoms with Crippen molar-refractivity contribution in [3.05, 3.63) is 24.3 Å². The third-order valence-electron chi connectivity index (χ3n) is 2.16. The molecular formula is C12H14O6. The van der Waals surface area contributed by atoms with Gasteiger partial charge in [-0.15, -0.1) is 0 Å². The van der Waals surface area contributed by atoms with E-state index in [1.54, 1.807) is 24.3 Å². The van der Waals surface area contributed by atoms with E-state index in [9.17, 15) is 4.79 Å². The summed E-state index contributed by atoms with van der Waals surface area (Å²) in [6.07, 6.45) is -0.710. The van der Waals surface area contributed by atoms with Gasteiger partial charge in [-0.1, -0.05) is 0 Å². The summed E-state index contributed by atoms with van der Waals surface area (Å²) >= 11 is 0. The standard InChI is InChI=1S/C12H14O6/c1-14-8-17-9-2-4-10(5-3-9)18-12(13)16-7-11-6-15-11/h2-5,11H,6-8H2,1H3. The lowest BCUT2D eigenvalue weighted by atomic mass is 10.3. The van der Waals surface area contributed by atoms with Gasteiger partial charge in [-0.3, -0.25) is 0 Å². The SMILES string of the molecule is COCOc1ccc(OC(=O)OCC2CO2)cc1. The lowest BCUT2D eigenvalue weighted by Crippen LogP contribution is -2.14. The normalized spacial score (nSPS) is 17.1. The average molecular weight is 254 g/mol. The van der Waals surface area contributed by atoms with Gasteiger partial charge in [0.1, 0.15) is 24.2 Å². The van der Waals surface area contributed by atoms with E-state index in [2.05, 4.69) is 0 Å². The Labute approximate surface area is 104 Å². The fourth-order valence-electron chi connectivity index (χ4n) is 1.18. The predicted molar refractivity (Wildman–Crippen MR) is 60.7 cm³/mol. The molecule has 1 saturated heterocycles. The summed E-state index contributed by atoms with van der Waals surface area (Å²) in [4.78, 5) is 11.3. The van der Waals surface area contributed by atoms with Gasteiger partial charge in [0.2, 0.25) is 0 Å². The van der Waals surface area contributed by atoms with E-state index in [1.807, 2.05) is 0 Å². The minimum atomic E-state index is -0.740. The Morgan fingerprint density at radius 2 is 2.00 bits per heavy atom. The smallest absolute Gasteiger partial charge is 0.468 e. The van der Waals surface area contributed by atoms with E-state index in [0.29, 0.717) is 18.1 Å². The maximum Gasteiger partial charge on any atom is 0.513 e. The monoisotopic (exact) mass is 254 g/mol. The molecule has 1 aromatic rings. The van der Waals surface area contributed by atoms with Gasteiger partial charge in [0.25, 0.3) is 0 Å². The van der Waals surface area contributed by atoms with Crippen molar-refractivity contribution in [3.8, 4) is 11.5 Å². The molecule has 6 heteroatoms. The highest BCUT2D eigenvalue weighted by Gasteiger charge is 2.24. The fraction of sp³-hybridized carbons (Fsp3) is 0.417. The summed E-state index contributed by atoms with van der Waals surface area (Å²) < 4.78 is 24.6. The third-order valence-corrected chi connectivity index (χ3v) is 2.16. The first-order valence-corrected chi connectivity index (χ1v) is 5.46. The number of ether oxygens (including phenoxy) is 5. The van der Waals surface area contributed by atoms with Gasteiger partial charge in [0, 0.05) is 7.11 Å². The van der Waals surface area contributed by atoms with Crippen molar-refractivity contribution in [1.82, 2.24) is 0 Å². The molecule has 1 unspecified atom stereocenters. The van der Waals surface area contributed by atoms with Crippen LogP contribution in [0.1, 0.15) is 0 Å². The zero-order chi connectivity index (χ0) is 12.8. The minimum Gasteiger partial charge on any atom is -0.468 e. The number of rotatable bonds is 6. The molecular weight excluding hydrogens is 240 g/mol. The van der Waals surface area contributed by atoms with E-state index in [-0.39, 0.29) is 19.5 Å². The average Bonchev–Trinajstić information content (AvgIpc) is 3.20. The predicted octanol–water partition coefficient (Wildman–Crippen LogP) is 1.58. The van der Waals surface area contributed by atoms with Crippen molar-refractivity contribution in [3.63, 3.8) is 0 Å². The summed E-state index contributed by atoms with van der Waals surface area (Å²) in [5.41, 5.74) is 0. The molecule has 1 aromatic carbocycles. The molecule has 0 aromatic heterocycles. The van der Waals surface area contributed by atoms with Gasteiger partial charge in [0.05, 0.1) is 6.61 Å². The zero-order valence-electron chi connectivity index (χ0n) is 9.96. The van der Waals surface area contributed by atoms with Gasteiger partial charge in [0.15, 0.2) is 6.79 Å². The van der Waals surface area contributed by atoms with E-state index in [1.165, 1.54) is 7.11 Å². The molecule has 0 saturated carbocycles. The van der Waals surface area contributed by atoms with Crippen molar-refractivity contribution >= 4 is 6.16 Å². The molecule has 18 heavy (non-hydrogen) atoms.